The Morgan fingerprint density at radius 3 is 2.53 bits per heavy atom. The van der Waals surface area contributed by atoms with Crippen molar-refractivity contribution in [3.63, 3.8) is 0 Å². The molecular formula is C23H27N7. The maximum absolute atomic E-state index is 4.50. The van der Waals surface area contributed by atoms with E-state index >= 15 is 0 Å². The Hall–Kier alpha value is -3.48. The van der Waals surface area contributed by atoms with Crippen LogP contribution in [-0.4, -0.2) is 39.5 Å². The van der Waals surface area contributed by atoms with Gasteiger partial charge >= 0.3 is 0 Å². The van der Waals surface area contributed by atoms with Crippen molar-refractivity contribution >= 4 is 39.9 Å². The predicted molar refractivity (Wildman–Crippen MR) is 124 cm³/mol. The average Bonchev–Trinajstić information content (AvgIpc) is 3.13. The lowest BCUT2D eigenvalue weighted by Crippen LogP contribution is -2.24. The van der Waals surface area contributed by atoms with Crippen LogP contribution >= 0.6 is 0 Å². The smallest absolute Gasteiger partial charge is 0.265 e. The molecule has 30 heavy (non-hydrogen) atoms. The highest BCUT2D eigenvalue weighted by Gasteiger charge is 2.10. The van der Waals surface area contributed by atoms with Crippen molar-refractivity contribution < 1.29 is 0 Å². The number of hydrogen-bond acceptors (Lipinski definition) is 6. The number of benzene rings is 2. The second-order valence-electron chi connectivity index (χ2n) is 7.40. The standard InChI is InChI=1S/C23H27N7/c1-4-13-30(14-5-2)18-11-9-17(10-12-18)15-24-28-23-26-22-21(27-29-23)19-8-6-7-16(3)20(19)25-22/h6-12,15H,4-5,13-14H2,1-3H3,(H2,25,26,28,29). The highest BCUT2D eigenvalue weighted by molar-refractivity contribution is 6.04. The third kappa shape index (κ3) is 4.10. The van der Waals surface area contributed by atoms with Crippen molar-refractivity contribution in [1.82, 2.24) is 20.2 Å². The number of fused-ring (bicyclic) bond motifs is 3. The quantitative estimate of drug-likeness (QED) is 0.325. The van der Waals surface area contributed by atoms with Crippen molar-refractivity contribution in [3.8, 4) is 0 Å². The number of para-hydroxylation sites is 1. The molecule has 2 aromatic carbocycles. The summed E-state index contributed by atoms with van der Waals surface area (Å²) >= 11 is 0. The summed E-state index contributed by atoms with van der Waals surface area (Å²) < 4.78 is 0. The fourth-order valence-corrected chi connectivity index (χ4v) is 3.64. The summed E-state index contributed by atoms with van der Waals surface area (Å²) in [7, 11) is 0. The molecule has 7 nitrogen and oxygen atoms in total. The minimum absolute atomic E-state index is 0.358. The number of hydrogen-bond donors (Lipinski definition) is 2. The molecule has 0 saturated heterocycles. The van der Waals surface area contributed by atoms with E-state index in [0.717, 1.165) is 53.5 Å². The van der Waals surface area contributed by atoms with Crippen molar-refractivity contribution in [2.75, 3.05) is 23.4 Å². The van der Waals surface area contributed by atoms with E-state index in [1.807, 2.05) is 12.1 Å². The van der Waals surface area contributed by atoms with Gasteiger partial charge in [0.2, 0.25) is 0 Å². The van der Waals surface area contributed by atoms with E-state index in [9.17, 15) is 0 Å². The first-order chi connectivity index (χ1) is 14.7. The molecule has 0 atom stereocenters. The molecule has 2 heterocycles. The number of aromatic nitrogens is 4. The van der Waals surface area contributed by atoms with Crippen molar-refractivity contribution in [3.05, 3.63) is 53.6 Å². The van der Waals surface area contributed by atoms with Gasteiger partial charge in [0.15, 0.2) is 5.65 Å². The number of rotatable bonds is 8. The number of nitrogens with one attached hydrogen (secondary N) is 2. The fraction of sp³-hybridized carbons (Fsp3) is 0.304. The summed E-state index contributed by atoms with van der Waals surface area (Å²) in [4.78, 5) is 10.2. The molecule has 0 fully saturated rings. The van der Waals surface area contributed by atoms with Gasteiger partial charge in [-0.1, -0.05) is 44.2 Å². The zero-order valence-electron chi connectivity index (χ0n) is 17.7. The van der Waals surface area contributed by atoms with Gasteiger partial charge in [0, 0.05) is 24.2 Å². The minimum atomic E-state index is 0.358. The Morgan fingerprint density at radius 1 is 1.03 bits per heavy atom. The largest absolute Gasteiger partial charge is 0.372 e. The van der Waals surface area contributed by atoms with Crippen LogP contribution in [0.5, 0.6) is 0 Å². The molecule has 0 spiro atoms. The van der Waals surface area contributed by atoms with Crippen molar-refractivity contribution in [2.45, 2.75) is 33.6 Å². The van der Waals surface area contributed by atoms with E-state index in [2.05, 4.69) is 86.7 Å². The molecule has 0 aliphatic rings. The molecule has 2 aromatic heterocycles. The van der Waals surface area contributed by atoms with Crippen molar-refractivity contribution in [1.29, 1.82) is 0 Å². The van der Waals surface area contributed by atoms with Crippen LogP contribution in [0.25, 0.3) is 22.1 Å². The van der Waals surface area contributed by atoms with Crippen LogP contribution in [0.2, 0.25) is 0 Å². The molecule has 2 N–H and O–H groups in total. The summed E-state index contributed by atoms with van der Waals surface area (Å²) in [6.45, 7) is 8.62. The first-order valence-corrected chi connectivity index (χ1v) is 10.5. The zero-order chi connectivity index (χ0) is 20.9. The van der Waals surface area contributed by atoms with Gasteiger partial charge in [-0.05, 0) is 43.0 Å². The van der Waals surface area contributed by atoms with Crippen LogP contribution in [0.4, 0.5) is 11.6 Å². The molecule has 4 rings (SSSR count). The Balaban J connectivity index is 1.47. The Morgan fingerprint density at radius 2 is 1.80 bits per heavy atom. The Kier molecular flexibility index (Phi) is 5.88. The van der Waals surface area contributed by atoms with Crippen LogP contribution < -0.4 is 10.3 Å². The molecule has 4 aromatic rings. The predicted octanol–water partition coefficient (Wildman–Crippen LogP) is 4.89. The molecule has 0 aliphatic carbocycles. The van der Waals surface area contributed by atoms with E-state index in [0.29, 0.717) is 11.6 Å². The van der Waals surface area contributed by atoms with E-state index in [4.69, 9.17) is 0 Å². The van der Waals surface area contributed by atoms with Crippen LogP contribution in [0, 0.1) is 6.92 Å². The molecule has 0 amide bonds. The average molecular weight is 402 g/mol. The lowest BCUT2D eigenvalue weighted by Gasteiger charge is -2.23. The molecular weight excluding hydrogens is 374 g/mol. The van der Waals surface area contributed by atoms with Crippen LogP contribution in [0.15, 0.2) is 47.6 Å². The topological polar surface area (TPSA) is 82.1 Å². The molecule has 0 aliphatic heterocycles. The van der Waals surface area contributed by atoms with Gasteiger partial charge in [-0.15, -0.1) is 10.2 Å². The number of aryl methyl sites for hydroxylation is 1. The molecule has 7 heteroatoms. The van der Waals surface area contributed by atoms with Gasteiger partial charge in [0.25, 0.3) is 5.95 Å². The van der Waals surface area contributed by atoms with E-state index in [-0.39, 0.29) is 0 Å². The third-order valence-corrected chi connectivity index (χ3v) is 5.08. The summed E-state index contributed by atoms with van der Waals surface area (Å²) in [6.07, 6.45) is 4.04. The highest BCUT2D eigenvalue weighted by atomic mass is 15.4. The normalized spacial score (nSPS) is 11.6. The lowest BCUT2D eigenvalue weighted by atomic mass is 10.1. The second-order valence-corrected chi connectivity index (χ2v) is 7.40. The monoisotopic (exact) mass is 401 g/mol. The lowest BCUT2D eigenvalue weighted by molar-refractivity contribution is 0.745. The van der Waals surface area contributed by atoms with Gasteiger partial charge < -0.3 is 9.88 Å². The maximum atomic E-state index is 4.50. The zero-order valence-corrected chi connectivity index (χ0v) is 17.7. The van der Waals surface area contributed by atoms with Gasteiger partial charge in [-0.3, -0.25) is 0 Å². The molecule has 0 unspecified atom stereocenters. The number of nitrogens with zero attached hydrogens (tertiary/aromatic N) is 5. The molecule has 0 saturated carbocycles. The summed E-state index contributed by atoms with van der Waals surface area (Å²) in [6, 6.07) is 14.5. The van der Waals surface area contributed by atoms with Gasteiger partial charge in [-0.2, -0.15) is 10.1 Å². The number of aromatic amines is 1. The minimum Gasteiger partial charge on any atom is -0.372 e. The first-order valence-electron chi connectivity index (χ1n) is 10.5. The van der Waals surface area contributed by atoms with Crippen LogP contribution in [0.3, 0.4) is 0 Å². The third-order valence-electron chi connectivity index (χ3n) is 5.08. The van der Waals surface area contributed by atoms with Gasteiger partial charge in [-0.25, -0.2) is 5.43 Å². The molecule has 0 radical (unpaired) electrons. The van der Waals surface area contributed by atoms with Crippen molar-refractivity contribution in [2.24, 2.45) is 5.10 Å². The highest BCUT2D eigenvalue weighted by Crippen LogP contribution is 2.24. The molecule has 0 bridgehead atoms. The van der Waals surface area contributed by atoms with Gasteiger partial charge in [0.1, 0.15) is 5.52 Å². The number of H-pyrrole nitrogens is 1. The van der Waals surface area contributed by atoms with E-state index in [1.165, 1.54) is 5.69 Å². The van der Waals surface area contributed by atoms with Crippen LogP contribution in [0.1, 0.15) is 37.8 Å². The second kappa shape index (κ2) is 8.90. The van der Waals surface area contributed by atoms with Crippen LogP contribution in [-0.2, 0) is 0 Å². The summed E-state index contributed by atoms with van der Waals surface area (Å²) in [5.74, 6) is 0.358. The summed E-state index contributed by atoms with van der Waals surface area (Å²) in [5, 5.41) is 13.8. The van der Waals surface area contributed by atoms with E-state index in [1.54, 1.807) is 6.21 Å². The SMILES string of the molecule is CCCN(CCC)c1ccc(C=NNc2nnc3c(n2)[nH]c2c(C)cccc23)cc1. The number of hydrazone groups is 1. The Labute approximate surface area is 176 Å². The maximum Gasteiger partial charge on any atom is 0.265 e. The molecule has 154 valence electrons. The summed E-state index contributed by atoms with van der Waals surface area (Å²) in [5.41, 5.74) is 8.78. The first kappa shape index (κ1) is 19.8. The Bertz CT molecular complexity index is 1160. The van der Waals surface area contributed by atoms with Gasteiger partial charge in [0.05, 0.1) is 11.7 Å². The number of anilines is 2. The van der Waals surface area contributed by atoms with E-state index < -0.39 is 0 Å². The fourth-order valence-electron chi connectivity index (χ4n) is 3.64.